The Bertz CT molecular complexity index is 606. The lowest BCUT2D eigenvalue weighted by Crippen LogP contribution is -2.12. The Balaban J connectivity index is 1.93. The number of rotatable bonds is 6. The number of nitrogens with two attached hydrogens (primary N) is 1. The number of halogens is 2. The summed E-state index contributed by atoms with van der Waals surface area (Å²) in [5.74, 6) is -1.37. The van der Waals surface area contributed by atoms with Crippen molar-refractivity contribution >= 4 is 22.9 Å². The van der Waals surface area contributed by atoms with Crippen LogP contribution >= 0.6 is 12.2 Å². The van der Waals surface area contributed by atoms with E-state index in [0.29, 0.717) is 6.54 Å². The first-order valence-electron chi connectivity index (χ1n) is 6.64. The molecule has 0 aliphatic rings. The molecule has 0 aliphatic carbocycles. The molecule has 0 aliphatic heterocycles. The Labute approximate surface area is 128 Å². The molecule has 2 aromatic carbocycles. The van der Waals surface area contributed by atoms with Crippen LogP contribution in [0.3, 0.4) is 0 Å². The Morgan fingerprint density at radius 1 is 1.10 bits per heavy atom. The largest absolute Gasteiger partial charge is 0.389 e. The molecule has 3 N–H and O–H groups in total. The zero-order chi connectivity index (χ0) is 15.2. The molecule has 0 heterocycles. The molecule has 2 rings (SSSR count). The standard InChI is InChI=1S/C16H16F2N2S/c17-13-9-12(16(19)21)10-14(18)15(13)20-8-4-7-11-5-2-1-3-6-11/h1-3,5-6,9-10,20H,4,7-8H2,(H2,19,21). The third kappa shape index (κ3) is 4.23. The van der Waals surface area contributed by atoms with Gasteiger partial charge in [-0.15, -0.1) is 0 Å². The lowest BCUT2D eigenvalue weighted by atomic mass is 10.1. The maximum Gasteiger partial charge on any atom is 0.150 e. The average molecular weight is 306 g/mol. The topological polar surface area (TPSA) is 38.0 Å². The fraction of sp³-hybridized carbons (Fsp3) is 0.188. The van der Waals surface area contributed by atoms with E-state index in [0.717, 1.165) is 25.0 Å². The van der Waals surface area contributed by atoms with Crippen LogP contribution in [0.25, 0.3) is 0 Å². The van der Waals surface area contributed by atoms with Gasteiger partial charge in [0, 0.05) is 12.1 Å². The van der Waals surface area contributed by atoms with Crippen LogP contribution in [0.1, 0.15) is 17.5 Å². The molecule has 21 heavy (non-hydrogen) atoms. The minimum Gasteiger partial charge on any atom is -0.389 e. The Hall–Kier alpha value is -2.01. The van der Waals surface area contributed by atoms with Crippen molar-refractivity contribution in [1.82, 2.24) is 0 Å². The van der Waals surface area contributed by atoms with Crippen LogP contribution in [0.4, 0.5) is 14.5 Å². The van der Waals surface area contributed by atoms with E-state index < -0.39 is 11.6 Å². The quantitative estimate of drug-likeness (QED) is 0.632. The number of hydrogen-bond donors (Lipinski definition) is 2. The van der Waals surface area contributed by atoms with Gasteiger partial charge in [-0.3, -0.25) is 0 Å². The van der Waals surface area contributed by atoms with Gasteiger partial charge in [0.2, 0.25) is 0 Å². The molecule has 0 atom stereocenters. The van der Waals surface area contributed by atoms with Crippen LogP contribution in [-0.2, 0) is 6.42 Å². The molecule has 0 spiro atoms. The Kier molecular flexibility index (Phi) is 5.22. The summed E-state index contributed by atoms with van der Waals surface area (Å²) in [5, 5.41) is 2.78. The molecule has 0 radical (unpaired) electrons. The molecular formula is C16H16F2N2S. The van der Waals surface area contributed by atoms with Gasteiger partial charge in [0.05, 0.1) is 0 Å². The van der Waals surface area contributed by atoms with Crippen molar-refractivity contribution in [2.75, 3.05) is 11.9 Å². The van der Waals surface area contributed by atoms with Gasteiger partial charge < -0.3 is 11.1 Å². The van der Waals surface area contributed by atoms with Crippen molar-refractivity contribution in [3.05, 3.63) is 65.2 Å². The minimum absolute atomic E-state index is 0.0246. The molecule has 110 valence electrons. The van der Waals surface area contributed by atoms with Crippen LogP contribution in [0, 0.1) is 11.6 Å². The minimum atomic E-state index is -0.683. The highest BCUT2D eigenvalue weighted by molar-refractivity contribution is 7.80. The molecule has 0 aromatic heterocycles. The van der Waals surface area contributed by atoms with Gasteiger partial charge in [-0.05, 0) is 30.5 Å². The Morgan fingerprint density at radius 3 is 2.29 bits per heavy atom. The van der Waals surface area contributed by atoms with E-state index in [9.17, 15) is 8.78 Å². The predicted molar refractivity (Wildman–Crippen MR) is 85.5 cm³/mol. The van der Waals surface area contributed by atoms with E-state index in [1.807, 2.05) is 30.3 Å². The van der Waals surface area contributed by atoms with E-state index in [1.54, 1.807) is 0 Å². The maximum atomic E-state index is 13.8. The summed E-state index contributed by atoms with van der Waals surface area (Å²) in [7, 11) is 0. The van der Waals surface area contributed by atoms with Crippen molar-refractivity contribution in [3.63, 3.8) is 0 Å². The number of nitrogens with one attached hydrogen (secondary N) is 1. The van der Waals surface area contributed by atoms with Gasteiger partial charge in [-0.1, -0.05) is 42.5 Å². The number of benzene rings is 2. The first kappa shape index (κ1) is 15.4. The smallest absolute Gasteiger partial charge is 0.150 e. The van der Waals surface area contributed by atoms with E-state index in [4.69, 9.17) is 18.0 Å². The van der Waals surface area contributed by atoms with E-state index in [-0.39, 0.29) is 16.2 Å². The average Bonchev–Trinajstić information content (AvgIpc) is 2.46. The highest BCUT2D eigenvalue weighted by Crippen LogP contribution is 2.21. The summed E-state index contributed by atoms with van der Waals surface area (Å²) in [4.78, 5) is -0.0246. The van der Waals surface area contributed by atoms with Crippen molar-refractivity contribution in [2.45, 2.75) is 12.8 Å². The summed E-state index contributed by atoms with van der Waals surface area (Å²) < 4.78 is 27.6. The van der Waals surface area contributed by atoms with Gasteiger partial charge in [-0.25, -0.2) is 8.78 Å². The normalized spacial score (nSPS) is 10.4. The van der Waals surface area contributed by atoms with Crippen LogP contribution in [0.2, 0.25) is 0 Å². The molecule has 0 unspecified atom stereocenters. The summed E-state index contributed by atoms with van der Waals surface area (Å²) in [6.45, 7) is 0.481. The molecular weight excluding hydrogens is 290 g/mol. The van der Waals surface area contributed by atoms with Crippen LogP contribution in [0.5, 0.6) is 0 Å². The van der Waals surface area contributed by atoms with Gasteiger partial charge in [0.25, 0.3) is 0 Å². The zero-order valence-corrected chi connectivity index (χ0v) is 12.2. The number of hydrogen-bond acceptors (Lipinski definition) is 2. The molecule has 0 amide bonds. The highest BCUT2D eigenvalue weighted by atomic mass is 32.1. The summed E-state index contributed by atoms with van der Waals surface area (Å²) in [6.07, 6.45) is 1.63. The van der Waals surface area contributed by atoms with E-state index in [2.05, 4.69) is 5.32 Å². The van der Waals surface area contributed by atoms with Crippen molar-refractivity contribution in [2.24, 2.45) is 5.73 Å². The highest BCUT2D eigenvalue weighted by Gasteiger charge is 2.11. The molecule has 0 saturated carbocycles. The first-order chi connectivity index (χ1) is 10.1. The van der Waals surface area contributed by atoms with Crippen molar-refractivity contribution in [1.29, 1.82) is 0 Å². The van der Waals surface area contributed by atoms with Gasteiger partial charge in [0.15, 0.2) is 0 Å². The second-order valence-corrected chi connectivity index (χ2v) is 5.13. The second kappa shape index (κ2) is 7.13. The second-order valence-electron chi connectivity index (χ2n) is 4.70. The molecule has 0 fully saturated rings. The summed E-state index contributed by atoms with van der Waals surface area (Å²) in [6, 6.07) is 12.2. The van der Waals surface area contributed by atoms with Gasteiger partial charge in [0.1, 0.15) is 22.3 Å². The fourth-order valence-electron chi connectivity index (χ4n) is 2.03. The van der Waals surface area contributed by atoms with Crippen LogP contribution < -0.4 is 11.1 Å². The summed E-state index contributed by atoms with van der Waals surface area (Å²) in [5.41, 5.74) is 6.62. The number of aryl methyl sites for hydroxylation is 1. The lowest BCUT2D eigenvalue weighted by Gasteiger charge is -2.10. The summed E-state index contributed by atoms with van der Waals surface area (Å²) >= 11 is 4.71. The maximum absolute atomic E-state index is 13.8. The van der Waals surface area contributed by atoms with Gasteiger partial charge in [-0.2, -0.15) is 0 Å². The molecule has 2 aromatic rings. The fourth-order valence-corrected chi connectivity index (χ4v) is 2.15. The van der Waals surface area contributed by atoms with Crippen molar-refractivity contribution in [3.8, 4) is 0 Å². The van der Waals surface area contributed by atoms with Crippen molar-refractivity contribution < 1.29 is 8.78 Å². The lowest BCUT2D eigenvalue weighted by molar-refractivity contribution is 0.587. The van der Waals surface area contributed by atoms with Crippen LogP contribution in [-0.4, -0.2) is 11.5 Å². The monoisotopic (exact) mass is 306 g/mol. The molecule has 0 saturated heterocycles. The zero-order valence-electron chi connectivity index (χ0n) is 11.4. The van der Waals surface area contributed by atoms with E-state index >= 15 is 0 Å². The SMILES string of the molecule is NC(=S)c1cc(F)c(NCCCc2ccccc2)c(F)c1. The molecule has 2 nitrogen and oxygen atoms in total. The van der Waals surface area contributed by atoms with E-state index in [1.165, 1.54) is 5.56 Å². The number of thiocarbonyl (C=S) groups is 1. The first-order valence-corrected chi connectivity index (χ1v) is 7.05. The molecule has 0 bridgehead atoms. The number of anilines is 1. The Morgan fingerprint density at radius 2 is 1.71 bits per heavy atom. The predicted octanol–water partition coefficient (Wildman–Crippen LogP) is 3.64. The molecule has 5 heteroatoms. The third-order valence-electron chi connectivity index (χ3n) is 3.11. The van der Waals surface area contributed by atoms with Gasteiger partial charge >= 0.3 is 0 Å². The third-order valence-corrected chi connectivity index (χ3v) is 3.35. The van der Waals surface area contributed by atoms with Crippen LogP contribution in [0.15, 0.2) is 42.5 Å².